The molecule has 0 bridgehead atoms. The maximum absolute atomic E-state index is 12.6. The van der Waals surface area contributed by atoms with Crippen LogP contribution in [0.25, 0.3) is 0 Å². The second-order valence-electron chi connectivity index (χ2n) is 4.03. The quantitative estimate of drug-likeness (QED) is 0.627. The molecular weight excluding hydrogens is 319 g/mol. The number of anilines is 1. The number of nitrogens with one attached hydrogen (secondary N) is 1. The van der Waals surface area contributed by atoms with Crippen molar-refractivity contribution < 1.29 is 13.2 Å². The van der Waals surface area contributed by atoms with Crippen LogP contribution in [0.5, 0.6) is 0 Å². The van der Waals surface area contributed by atoms with Crippen LogP contribution in [0.1, 0.15) is 11.1 Å². The summed E-state index contributed by atoms with van der Waals surface area (Å²) in [4.78, 5) is 0. The molecule has 1 aromatic carbocycles. The molecule has 0 unspecified atom stereocenters. The molecule has 1 N–H and O–H groups in total. The van der Waals surface area contributed by atoms with Crippen LogP contribution in [0.4, 0.5) is 18.3 Å². The molecule has 0 atom stereocenters. The number of hydrogen-bond donors (Lipinski definition) is 1. The summed E-state index contributed by atoms with van der Waals surface area (Å²) < 4.78 is 38.5. The normalized spacial score (nSPS) is 11.4. The van der Waals surface area contributed by atoms with Crippen molar-refractivity contribution in [1.29, 1.82) is 0 Å². The Kier molecular flexibility index (Phi) is 5.24. The van der Waals surface area contributed by atoms with Crippen molar-refractivity contribution >= 4 is 28.2 Å². The summed E-state index contributed by atoms with van der Waals surface area (Å²) >= 11 is 2.72. The predicted octanol–water partition coefficient (Wildman–Crippen LogP) is 4.45. The van der Waals surface area contributed by atoms with Crippen LogP contribution in [0.15, 0.2) is 41.3 Å². The van der Waals surface area contributed by atoms with Crippen molar-refractivity contribution in [3.8, 4) is 0 Å². The lowest BCUT2D eigenvalue weighted by atomic mass is 10.1. The Morgan fingerprint density at radius 2 is 2.14 bits per heavy atom. The lowest BCUT2D eigenvalue weighted by molar-refractivity contribution is -0.137. The van der Waals surface area contributed by atoms with E-state index in [2.05, 4.69) is 22.1 Å². The monoisotopic (exact) mass is 331 g/mol. The minimum atomic E-state index is -4.31. The predicted molar refractivity (Wildman–Crippen MR) is 79.6 cm³/mol. The first-order chi connectivity index (χ1) is 9.99. The maximum atomic E-state index is 12.6. The van der Waals surface area contributed by atoms with Crippen LogP contribution in [0.3, 0.4) is 0 Å². The molecule has 8 heteroatoms. The van der Waals surface area contributed by atoms with Gasteiger partial charge in [0.05, 0.1) is 5.56 Å². The summed E-state index contributed by atoms with van der Waals surface area (Å²) in [7, 11) is 0. The number of thioether (sulfide) groups is 1. The van der Waals surface area contributed by atoms with Gasteiger partial charge < -0.3 is 5.32 Å². The maximum Gasteiger partial charge on any atom is 0.416 e. The van der Waals surface area contributed by atoms with Gasteiger partial charge in [-0.05, 0) is 11.6 Å². The van der Waals surface area contributed by atoms with E-state index in [9.17, 15) is 13.2 Å². The Hall–Kier alpha value is -1.54. The first kappa shape index (κ1) is 15.8. The van der Waals surface area contributed by atoms with Crippen LogP contribution in [0.2, 0.25) is 0 Å². The van der Waals surface area contributed by atoms with Crippen molar-refractivity contribution in [1.82, 2.24) is 10.2 Å². The van der Waals surface area contributed by atoms with Gasteiger partial charge in [0, 0.05) is 12.3 Å². The second kappa shape index (κ2) is 6.95. The number of aromatic nitrogens is 2. The summed E-state index contributed by atoms with van der Waals surface area (Å²) in [6, 6.07) is 5.30. The fourth-order valence-corrected chi connectivity index (χ4v) is 3.18. The average Bonchev–Trinajstić information content (AvgIpc) is 2.90. The molecular formula is C13H12F3N3S2. The molecule has 1 heterocycles. The molecule has 3 nitrogen and oxygen atoms in total. The third-order valence-electron chi connectivity index (χ3n) is 2.42. The molecule has 0 aliphatic rings. The largest absolute Gasteiger partial charge is 0.416 e. The van der Waals surface area contributed by atoms with Gasteiger partial charge in [0.2, 0.25) is 5.13 Å². The van der Waals surface area contributed by atoms with Crippen LogP contribution < -0.4 is 5.32 Å². The molecule has 0 fully saturated rings. The Morgan fingerprint density at radius 1 is 1.33 bits per heavy atom. The number of rotatable bonds is 6. The fourth-order valence-electron chi connectivity index (χ4n) is 1.48. The highest BCUT2D eigenvalue weighted by Gasteiger charge is 2.30. The Bertz CT molecular complexity index is 611. The SMILES string of the molecule is C=CCNc1nnc(SCc2cccc(C(F)(F)F)c2)s1. The second-order valence-corrected chi connectivity index (χ2v) is 6.23. The first-order valence-corrected chi connectivity index (χ1v) is 7.76. The summed E-state index contributed by atoms with van der Waals surface area (Å²) in [6.45, 7) is 4.17. The summed E-state index contributed by atoms with van der Waals surface area (Å²) in [5.74, 6) is 0.417. The molecule has 21 heavy (non-hydrogen) atoms. The van der Waals surface area contributed by atoms with E-state index < -0.39 is 11.7 Å². The lowest BCUT2D eigenvalue weighted by Gasteiger charge is -2.07. The molecule has 112 valence electrons. The van der Waals surface area contributed by atoms with Gasteiger partial charge in [-0.2, -0.15) is 13.2 Å². The van der Waals surface area contributed by atoms with Crippen molar-refractivity contribution in [3.63, 3.8) is 0 Å². The lowest BCUT2D eigenvalue weighted by Crippen LogP contribution is -2.04. The topological polar surface area (TPSA) is 37.8 Å². The van der Waals surface area contributed by atoms with Crippen LogP contribution >= 0.6 is 23.1 Å². The van der Waals surface area contributed by atoms with Gasteiger partial charge in [0.25, 0.3) is 0 Å². The van der Waals surface area contributed by atoms with Gasteiger partial charge in [-0.3, -0.25) is 0 Å². The van der Waals surface area contributed by atoms with Crippen molar-refractivity contribution in [2.75, 3.05) is 11.9 Å². The number of hydrogen-bond acceptors (Lipinski definition) is 5. The molecule has 0 amide bonds. The minimum Gasteiger partial charge on any atom is -0.357 e. The van der Waals surface area contributed by atoms with E-state index in [0.717, 1.165) is 12.1 Å². The molecule has 1 aromatic heterocycles. The summed E-state index contributed by atoms with van der Waals surface area (Å²) in [6.07, 6.45) is -2.61. The molecule has 0 spiro atoms. The molecule has 2 aromatic rings. The van der Waals surface area contributed by atoms with Gasteiger partial charge in [-0.25, -0.2) is 0 Å². The van der Waals surface area contributed by atoms with Gasteiger partial charge in [0.1, 0.15) is 0 Å². The molecule has 0 aliphatic carbocycles. The number of benzene rings is 1. The minimum absolute atomic E-state index is 0.417. The molecule has 0 saturated heterocycles. The van der Waals surface area contributed by atoms with E-state index >= 15 is 0 Å². The Balaban J connectivity index is 1.96. The Morgan fingerprint density at radius 3 is 2.86 bits per heavy atom. The molecule has 0 aliphatic heterocycles. The summed E-state index contributed by atoms with van der Waals surface area (Å²) in [5, 5.41) is 11.6. The highest BCUT2D eigenvalue weighted by atomic mass is 32.2. The molecule has 0 radical (unpaired) electrons. The van der Waals surface area contributed by atoms with E-state index in [1.807, 2.05) is 0 Å². The average molecular weight is 331 g/mol. The zero-order valence-electron chi connectivity index (χ0n) is 10.9. The van der Waals surface area contributed by atoms with Gasteiger partial charge in [-0.1, -0.05) is 47.4 Å². The zero-order valence-corrected chi connectivity index (χ0v) is 12.5. The standard InChI is InChI=1S/C13H12F3N3S2/c1-2-6-17-11-18-19-12(21-11)20-8-9-4-3-5-10(7-9)13(14,15)16/h2-5,7H,1,6,8H2,(H,17,18). The number of nitrogens with zero attached hydrogens (tertiary/aromatic N) is 2. The smallest absolute Gasteiger partial charge is 0.357 e. The first-order valence-electron chi connectivity index (χ1n) is 5.96. The van der Waals surface area contributed by atoms with Crippen molar-refractivity contribution in [2.45, 2.75) is 16.3 Å². The van der Waals surface area contributed by atoms with Crippen molar-refractivity contribution in [3.05, 3.63) is 48.0 Å². The third kappa shape index (κ3) is 4.75. The third-order valence-corrected chi connectivity index (χ3v) is 4.51. The van der Waals surface area contributed by atoms with Gasteiger partial charge >= 0.3 is 6.18 Å². The van der Waals surface area contributed by atoms with Crippen LogP contribution in [0, 0.1) is 0 Å². The van der Waals surface area contributed by atoms with Crippen LogP contribution in [-0.4, -0.2) is 16.7 Å². The van der Waals surface area contributed by atoms with Crippen molar-refractivity contribution in [2.24, 2.45) is 0 Å². The zero-order chi connectivity index (χ0) is 15.3. The fraction of sp³-hybridized carbons (Fsp3) is 0.231. The summed E-state index contributed by atoms with van der Waals surface area (Å²) in [5.41, 5.74) is -0.0307. The van der Waals surface area contributed by atoms with Crippen LogP contribution in [-0.2, 0) is 11.9 Å². The van der Waals surface area contributed by atoms with E-state index in [1.54, 1.807) is 12.1 Å². The molecule has 0 saturated carbocycles. The number of alkyl halides is 3. The van der Waals surface area contributed by atoms with E-state index in [0.29, 0.717) is 27.3 Å². The van der Waals surface area contributed by atoms with Gasteiger partial charge in [-0.15, -0.1) is 16.8 Å². The highest BCUT2D eigenvalue weighted by molar-refractivity contribution is 8.00. The number of halogens is 3. The Labute approximate surface area is 128 Å². The van der Waals surface area contributed by atoms with E-state index in [-0.39, 0.29) is 0 Å². The highest BCUT2D eigenvalue weighted by Crippen LogP contribution is 2.32. The molecule has 2 rings (SSSR count). The van der Waals surface area contributed by atoms with E-state index in [4.69, 9.17) is 0 Å². The van der Waals surface area contributed by atoms with Gasteiger partial charge in [0.15, 0.2) is 4.34 Å². The van der Waals surface area contributed by atoms with E-state index in [1.165, 1.54) is 29.2 Å².